The summed E-state index contributed by atoms with van der Waals surface area (Å²) in [7, 11) is -1.91. The number of nitrogens with zero attached hydrogens (tertiary/aromatic N) is 1. The highest BCUT2D eigenvalue weighted by Gasteiger charge is 2.14. The first kappa shape index (κ1) is 24.7. The van der Waals surface area contributed by atoms with Crippen molar-refractivity contribution in [1.29, 1.82) is 0 Å². The molecule has 1 heterocycles. The van der Waals surface area contributed by atoms with E-state index in [9.17, 15) is 8.42 Å². The molecule has 0 aliphatic carbocycles. The van der Waals surface area contributed by atoms with Crippen LogP contribution < -0.4 is 20.1 Å². The molecule has 0 fully saturated rings. The lowest BCUT2D eigenvalue weighted by Gasteiger charge is -2.13. The van der Waals surface area contributed by atoms with Crippen molar-refractivity contribution in [2.24, 2.45) is 4.99 Å². The summed E-state index contributed by atoms with van der Waals surface area (Å²) in [5, 5.41) is 6.72. The SMILES string of the molecule is CN=C(NCCNS(=O)(=O)c1cccc(Cl)c1)NCCc1ccc2c(c1)CCO2.I. The average Bonchev–Trinajstić information content (AvgIpc) is 3.17. The van der Waals surface area contributed by atoms with Crippen LogP contribution in [0.2, 0.25) is 5.02 Å². The van der Waals surface area contributed by atoms with Gasteiger partial charge in [0, 0.05) is 38.1 Å². The summed E-state index contributed by atoms with van der Waals surface area (Å²) < 4.78 is 32.6. The molecule has 2 aromatic carbocycles. The molecule has 0 amide bonds. The molecule has 3 N–H and O–H groups in total. The molecule has 0 saturated heterocycles. The van der Waals surface area contributed by atoms with Crippen LogP contribution in [-0.4, -0.2) is 47.7 Å². The number of hydrogen-bond donors (Lipinski definition) is 3. The lowest BCUT2D eigenvalue weighted by atomic mass is 10.1. The molecule has 0 aromatic heterocycles. The van der Waals surface area contributed by atoms with Gasteiger partial charge in [-0.25, -0.2) is 13.1 Å². The molecule has 1 aliphatic rings. The molecule has 0 saturated carbocycles. The van der Waals surface area contributed by atoms with Crippen molar-refractivity contribution in [2.75, 3.05) is 33.3 Å². The van der Waals surface area contributed by atoms with Crippen molar-refractivity contribution in [3.8, 4) is 5.75 Å². The molecule has 0 unspecified atom stereocenters. The van der Waals surface area contributed by atoms with Crippen molar-refractivity contribution in [3.63, 3.8) is 0 Å². The molecule has 3 rings (SSSR count). The quantitative estimate of drug-likeness (QED) is 0.198. The Kier molecular flexibility index (Phi) is 9.66. The Morgan fingerprint density at radius 3 is 2.70 bits per heavy atom. The van der Waals surface area contributed by atoms with Crippen molar-refractivity contribution in [1.82, 2.24) is 15.4 Å². The van der Waals surface area contributed by atoms with Crippen LogP contribution in [0.1, 0.15) is 11.1 Å². The lowest BCUT2D eigenvalue weighted by Crippen LogP contribution is -2.42. The first-order valence-electron chi connectivity index (χ1n) is 9.42. The first-order chi connectivity index (χ1) is 14.0. The molecular formula is C20H26ClIN4O3S. The zero-order valence-corrected chi connectivity index (χ0v) is 20.6. The number of rotatable bonds is 8. The fourth-order valence-electron chi connectivity index (χ4n) is 3.03. The fourth-order valence-corrected chi connectivity index (χ4v) is 4.36. The Balaban J connectivity index is 0.00000320. The number of hydrogen-bond acceptors (Lipinski definition) is 4. The summed E-state index contributed by atoms with van der Waals surface area (Å²) in [6, 6.07) is 12.5. The van der Waals surface area contributed by atoms with E-state index in [1.807, 2.05) is 6.07 Å². The topological polar surface area (TPSA) is 91.8 Å². The predicted molar refractivity (Wildman–Crippen MR) is 131 cm³/mol. The molecule has 10 heteroatoms. The summed E-state index contributed by atoms with van der Waals surface area (Å²) in [5.41, 5.74) is 2.50. The minimum atomic E-state index is -3.59. The number of guanidine groups is 1. The van der Waals surface area contributed by atoms with Crippen molar-refractivity contribution >= 4 is 51.6 Å². The highest BCUT2D eigenvalue weighted by molar-refractivity contribution is 14.0. The summed E-state index contributed by atoms with van der Waals surface area (Å²) in [4.78, 5) is 4.31. The van der Waals surface area contributed by atoms with Crippen LogP contribution in [0.3, 0.4) is 0 Å². The van der Waals surface area contributed by atoms with Gasteiger partial charge in [0.15, 0.2) is 5.96 Å². The van der Waals surface area contributed by atoms with Gasteiger partial charge >= 0.3 is 0 Å². The van der Waals surface area contributed by atoms with Gasteiger partial charge in [0.1, 0.15) is 5.75 Å². The normalized spacial score (nSPS) is 13.2. The van der Waals surface area contributed by atoms with E-state index in [1.54, 1.807) is 19.2 Å². The standard InChI is InChI=1S/C20H25ClN4O3S.HI/c1-22-20(23-9-7-15-5-6-19-16(13-15)8-12-28-19)24-10-11-25-29(26,27)18-4-2-3-17(21)14-18;/h2-6,13-14,25H,7-12H2,1H3,(H2,22,23,24);1H. The molecular weight excluding hydrogens is 539 g/mol. The van der Waals surface area contributed by atoms with Crippen molar-refractivity contribution in [2.45, 2.75) is 17.7 Å². The average molecular weight is 565 g/mol. The van der Waals surface area contributed by atoms with E-state index in [2.05, 4.69) is 32.5 Å². The maximum absolute atomic E-state index is 12.3. The van der Waals surface area contributed by atoms with Gasteiger partial charge in [-0.1, -0.05) is 29.8 Å². The van der Waals surface area contributed by atoms with Crippen LogP contribution in [0.25, 0.3) is 0 Å². The Morgan fingerprint density at radius 2 is 1.93 bits per heavy atom. The number of benzene rings is 2. The van der Waals surface area contributed by atoms with Crippen LogP contribution in [-0.2, 0) is 22.9 Å². The molecule has 1 aliphatic heterocycles. The van der Waals surface area contributed by atoms with E-state index in [1.165, 1.54) is 23.3 Å². The van der Waals surface area contributed by atoms with Crippen LogP contribution in [0.15, 0.2) is 52.4 Å². The van der Waals surface area contributed by atoms with Gasteiger partial charge in [0.05, 0.1) is 11.5 Å². The van der Waals surface area contributed by atoms with Gasteiger partial charge in [-0.3, -0.25) is 4.99 Å². The van der Waals surface area contributed by atoms with Crippen LogP contribution >= 0.6 is 35.6 Å². The minimum Gasteiger partial charge on any atom is -0.493 e. The molecule has 0 bridgehead atoms. The Hall–Kier alpha value is -1.56. The molecule has 2 aromatic rings. The third-order valence-corrected chi connectivity index (χ3v) is 6.19. The van der Waals surface area contributed by atoms with Gasteiger partial charge in [-0.05, 0) is 41.8 Å². The number of aliphatic imine (C=N–C) groups is 1. The highest BCUT2D eigenvalue weighted by atomic mass is 127. The van der Waals surface area contributed by atoms with Gasteiger partial charge in [-0.15, -0.1) is 24.0 Å². The molecule has 0 radical (unpaired) electrons. The first-order valence-corrected chi connectivity index (χ1v) is 11.3. The molecule has 7 nitrogen and oxygen atoms in total. The number of ether oxygens (including phenoxy) is 1. The Morgan fingerprint density at radius 1 is 1.13 bits per heavy atom. The molecule has 0 atom stereocenters. The number of nitrogens with one attached hydrogen (secondary N) is 3. The van der Waals surface area contributed by atoms with Gasteiger partial charge in [-0.2, -0.15) is 0 Å². The van der Waals surface area contributed by atoms with Crippen molar-refractivity contribution < 1.29 is 13.2 Å². The van der Waals surface area contributed by atoms with E-state index >= 15 is 0 Å². The van der Waals surface area contributed by atoms with Crippen LogP contribution in [0, 0.1) is 0 Å². The predicted octanol–water partition coefficient (Wildman–Crippen LogP) is 2.58. The molecule has 30 heavy (non-hydrogen) atoms. The fraction of sp³-hybridized carbons (Fsp3) is 0.350. The summed E-state index contributed by atoms with van der Waals surface area (Å²) >= 11 is 5.86. The van der Waals surface area contributed by atoms with E-state index in [0.29, 0.717) is 24.1 Å². The highest BCUT2D eigenvalue weighted by Crippen LogP contribution is 2.25. The second kappa shape index (κ2) is 11.7. The smallest absolute Gasteiger partial charge is 0.240 e. The Bertz CT molecular complexity index is 986. The van der Waals surface area contributed by atoms with Gasteiger partial charge in [0.2, 0.25) is 10.0 Å². The monoisotopic (exact) mass is 564 g/mol. The van der Waals surface area contributed by atoms with E-state index < -0.39 is 10.0 Å². The number of fused-ring (bicyclic) bond motifs is 1. The third kappa shape index (κ3) is 7.00. The summed E-state index contributed by atoms with van der Waals surface area (Å²) in [6.07, 6.45) is 1.82. The largest absolute Gasteiger partial charge is 0.493 e. The maximum atomic E-state index is 12.3. The van der Waals surface area contributed by atoms with Gasteiger partial charge in [0.25, 0.3) is 0 Å². The third-order valence-electron chi connectivity index (χ3n) is 4.50. The van der Waals surface area contributed by atoms with E-state index in [4.69, 9.17) is 16.3 Å². The summed E-state index contributed by atoms with van der Waals surface area (Å²) in [5.74, 6) is 1.61. The van der Waals surface area contributed by atoms with E-state index in [-0.39, 0.29) is 35.4 Å². The minimum absolute atomic E-state index is 0. The Labute approximate surface area is 199 Å². The lowest BCUT2D eigenvalue weighted by molar-refractivity contribution is 0.357. The van der Waals surface area contributed by atoms with Gasteiger partial charge < -0.3 is 15.4 Å². The number of sulfonamides is 1. The van der Waals surface area contributed by atoms with Crippen LogP contribution in [0.5, 0.6) is 5.75 Å². The maximum Gasteiger partial charge on any atom is 0.240 e. The second-order valence-corrected chi connectivity index (χ2v) is 8.77. The second-order valence-electron chi connectivity index (χ2n) is 6.57. The van der Waals surface area contributed by atoms with Crippen LogP contribution in [0.4, 0.5) is 0 Å². The molecule has 164 valence electrons. The summed E-state index contributed by atoms with van der Waals surface area (Å²) in [6.45, 7) is 2.10. The zero-order chi connectivity index (χ0) is 20.7. The van der Waals surface area contributed by atoms with Crippen molar-refractivity contribution in [3.05, 3.63) is 58.6 Å². The molecule has 0 spiro atoms. The number of halogens is 2. The van der Waals surface area contributed by atoms with E-state index in [0.717, 1.165) is 25.2 Å². The zero-order valence-electron chi connectivity index (χ0n) is 16.7.